The minimum absolute atomic E-state index is 0.173. The maximum Gasteiger partial charge on any atom is 0.419 e. The van der Waals surface area contributed by atoms with Crippen molar-refractivity contribution in [1.82, 2.24) is 10.2 Å². The van der Waals surface area contributed by atoms with Gasteiger partial charge < -0.3 is 9.64 Å². The third kappa shape index (κ3) is 3.32. The van der Waals surface area contributed by atoms with Crippen LogP contribution in [-0.2, 0) is 6.18 Å². The van der Waals surface area contributed by atoms with Crippen molar-refractivity contribution in [2.75, 3.05) is 18.0 Å². The molecule has 1 aromatic carbocycles. The van der Waals surface area contributed by atoms with Crippen LogP contribution in [0.3, 0.4) is 0 Å². The number of para-hydroxylation sites is 1. The van der Waals surface area contributed by atoms with Gasteiger partial charge in [0.1, 0.15) is 17.5 Å². The summed E-state index contributed by atoms with van der Waals surface area (Å²) in [6.45, 7) is 2.20. The molecular weight excluding hydrogens is 323 g/mol. The molecule has 0 aliphatic carbocycles. The molecule has 2 heterocycles. The van der Waals surface area contributed by atoms with Crippen LogP contribution >= 0.6 is 0 Å². The van der Waals surface area contributed by atoms with Crippen molar-refractivity contribution < 1.29 is 22.7 Å². The van der Waals surface area contributed by atoms with E-state index >= 15 is 0 Å². The van der Waals surface area contributed by atoms with E-state index in [0.717, 1.165) is 6.07 Å². The maximum absolute atomic E-state index is 12.9. The van der Waals surface area contributed by atoms with E-state index in [1.807, 2.05) is 4.90 Å². The largest absolute Gasteiger partial charge is 0.486 e. The monoisotopic (exact) mass is 337 g/mol. The Labute approximate surface area is 136 Å². The minimum Gasteiger partial charge on any atom is -0.486 e. The number of carbonyl (C=O) groups is 1. The lowest BCUT2D eigenvalue weighted by Gasteiger charge is -2.39. The van der Waals surface area contributed by atoms with Gasteiger partial charge >= 0.3 is 6.18 Å². The zero-order chi connectivity index (χ0) is 17.3. The Kier molecular flexibility index (Phi) is 4.13. The minimum atomic E-state index is -4.45. The summed E-state index contributed by atoms with van der Waals surface area (Å²) in [7, 11) is 0. The van der Waals surface area contributed by atoms with Crippen molar-refractivity contribution in [2.24, 2.45) is 0 Å². The molecule has 1 aliphatic heterocycles. The number of nitrogens with zero attached hydrogens (tertiary/aromatic N) is 3. The van der Waals surface area contributed by atoms with Crippen LogP contribution in [0.5, 0.6) is 5.75 Å². The number of ketones is 1. The van der Waals surface area contributed by atoms with E-state index in [9.17, 15) is 18.0 Å². The highest BCUT2D eigenvalue weighted by Crippen LogP contribution is 2.37. The lowest BCUT2D eigenvalue weighted by molar-refractivity contribution is -0.139. The Morgan fingerprint density at radius 3 is 2.46 bits per heavy atom. The fraction of sp³-hybridized carbons (Fsp3) is 0.312. The summed E-state index contributed by atoms with van der Waals surface area (Å²) in [5, 5.41) is 7.75. The van der Waals surface area contributed by atoms with Gasteiger partial charge in [0, 0.05) is 6.92 Å². The van der Waals surface area contributed by atoms with Gasteiger partial charge in [-0.1, -0.05) is 12.1 Å². The van der Waals surface area contributed by atoms with Gasteiger partial charge in [-0.2, -0.15) is 13.2 Å². The number of ether oxygens (including phenoxy) is 1. The molecule has 0 bridgehead atoms. The molecule has 0 spiro atoms. The Bertz CT molecular complexity index is 741. The highest BCUT2D eigenvalue weighted by atomic mass is 19.4. The third-order valence-corrected chi connectivity index (χ3v) is 3.67. The van der Waals surface area contributed by atoms with Crippen molar-refractivity contribution in [2.45, 2.75) is 19.2 Å². The van der Waals surface area contributed by atoms with Crippen molar-refractivity contribution in [1.29, 1.82) is 0 Å². The molecule has 1 aliphatic rings. The van der Waals surface area contributed by atoms with E-state index in [0.29, 0.717) is 18.9 Å². The molecule has 0 atom stereocenters. The lowest BCUT2D eigenvalue weighted by atomic mass is 10.1. The first kappa shape index (κ1) is 16.2. The van der Waals surface area contributed by atoms with Crippen molar-refractivity contribution >= 4 is 11.6 Å². The number of halogens is 3. The van der Waals surface area contributed by atoms with E-state index in [2.05, 4.69) is 10.2 Å². The molecule has 3 rings (SSSR count). The first-order valence-corrected chi connectivity index (χ1v) is 7.27. The van der Waals surface area contributed by atoms with Gasteiger partial charge in [-0.05, 0) is 24.3 Å². The predicted molar refractivity (Wildman–Crippen MR) is 80.1 cm³/mol. The molecule has 8 heteroatoms. The van der Waals surface area contributed by atoms with Gasteiger partial charge in [0.05, 0.1) is 18.7 Å². The molecule has 2 aromatic rings. The molecule has 1 aromatic heterocycles. The molecular formula is C16H14F3N3O2. The van der Waals surface area contributed by atoms with Crippen molar-refractivity contribution in [3.05, 3.63) is 47.7 Å². The molecule has 0 N–H and O–H groups in total. The van der Waals surface area contributed by atoms with Gasteiger partial charge in [0.25, 0.3) is 0 Å². The Balaban J connectivity index is 1.63. The van der Waals surface area contributed by atoms with E-state index in [-0.39, 0.29) is 23.3 Å². The molecule has 0 saturated carbocycles. The Hall–Kier alpha value is -2.64. The van der Waals surface area contributed by atoms with Crippen LogP contribution in [0.1, 0.15) is 23.0 Å². The molecule has 5 nitrogen and oxygen atoms in total. The number of benzene rings is 1. The summed E-state index contributed by atoms with van der Waals surface area (Å²) in [6, 6.07) is 8.37. The normalized spacial score (nSPS) is 15.1. The Morgan fingerprint density at radius 1 is 1.17 bits per heavy atom. The summed E-state index contributed by atoms with van der Waals surface area (Å²) < 4.78 is 44.2. The second-order valence-electron chi connectivity index (χ2n) is 5.47. The van der Waals surface area contributed by atoms with Crippen LogP contribution in [0.2, 0.25) is 0 Å². The highest BCUT2D eigenvalue weighted by Gasteiger charge is 2.36. The SMILES string of the molecule is CC(=O)c1ccc(N2CC(Oc3ccccc3C(F)(F)F)C2)nn1. The molecule has 1 saturated heterocycles. The van der Waals surface area contributed by atoms with Gasteiger partial charge in [-0.3, -0.25) is 4.79 Å². The number of anilines is 1. The van der Waals surface area contributed by atoms with Gasteiger partial charge in [0.2, 0.25) is 0 Å². The number of aromatic nitrogens is 2. The summed E-state index contributed by atoms with van der Waals surface area (Å²) in [5.41, 5.74) is -0.514. The van der Waals surface area contributed by atoms with Gasteiger partial charge in [-0.25, -0.2) is 0 Å². The number of Topliss-reactive ketones (excluding diaryl/α,β-unsaturated/α-hetero) is 1. The van der Waals surface area contributed by atoms with Crippen LogP contribution in [0.25, 0.3) is 0 Å². The van der Waals surface area contributed by atoms with Crippen molar-refractivity contribution in [3.8, 4) is 5.75 Å². The average molecular weight is 337 g/mol. The Morgan fingerprint density at radius 2 is 1.88 bits per heavy atom. The van der Waals surface area contributed by atoms with Crippen LogP contribution in [-0.4, -0.2) is 35.2 Å². The summed E-state index contributed by atoms with van der Waals surface area (Å²) in [5.74, 6) is 0.208. The van der Waals surface area contributed by atoms with Crippen molar-refractivity contribution in [3.63, 3.8) is 0 Å². The first-order chi connectivity index (χ1) is 11.3. The van der Waals surface area contributed by atoms with E-state index in [1.54, 1.807) is 12.1 Å². The summed E-state index contributed by atoms with van der Waals surface area (Å²) in [4.78, 5) is 13.0. The molecule has 0 unspecified atom stereocenters. The lowest BCUT2D eigenvalue weighted by Crippen LogP contribution is -2.54. The number of carbonyl (C=O) groups excluding carboxylic acids is 1. The van der Waals surface area contributed by atoms with Gasteiger partial charge in [-0.15, -0.1) is 10.2 Å². The maximum atomic E-state index is 12.9. The zero-order valence-electron chi connectivity index (χ0n) is 12.7. The number of rotatable bonds is 4. The fourth-order valence-corrected chi connectivity index (χ4v) is 2.36. The molecule has 1 fully saturated rings. The number of hydrogen-bond acceptors (Lipinski definition) is 5. The fourth-order valence-electron chi connectivity index (χ4n) is 2.36. The van der Waals surface area contributed by atoms with E-state index < -0.39 is 11.7 Å². The number of hydrogen-bond donors (Lipinski definition) is 0. The second kappa shape index (κ2) is 6.10. The van der Waals surface area contributed by atoms with E-state index in [4.69, 9.17) is 4.74 Å². The first-order valence-electron chi connectivity index (χ1n) is 7.27. The quantitative estimate of drug-likeness (QED) is 0.803. The topological polar surface area (TPSA) is 55.3 Å². The smallest absolute Gasteiger partial charge is 0.419 e. The number of alkyl halides is 3. The molecule has 126 valence electrons. The van der Waals surface area contributed by atoms with Crippen LogP contribution in [0, 0.1) is 0 Å². The predicted octanol–water partition coefficient (Wildman–Crippen LogP) is 2.97. The standard InChI is InChI=1S/C16H14F3N3O2/c1-10(23)13-6-7-15(21-20-13)22-8-11(9-22)24-14-5-3-2-4-12(14)16(17,18)19/h2-7,11H,8-9H2,1H3. The van der Waals surface area contributed by atoms with Crippen LogP contribution < -0.4 is 9.64 Å². The summed E-state index contributed by atoms with van der Waals surface area (Å²) in [6.07, 6.45) is -4.81. The molecule has 0 amide bonds. The average Bonchev–Trinajstić information content (AvgIpc) is 2.50. The second-order valence-corrected chi connectivity index (χ2v) is 5.47. The third-order valence-electron chi connectivity index (χ3n) is 3.67. The zero-order valence-corrected chi connectivity index (χ0v) is 12.7. The summed E-state index contributed by atoms with van der Waals surface area (Å²) >= 11 is 0. The van der Waals surface area contributed by atoms with Crippen LogP contribution in [0.15, 0.2) is 36.4 Å². The van der Waals surface area contributed by atoms with Crippen LogP contribution in [0.4, 0.5) is 19.0 Å². The van der Waals surface area contributed by atoms with Gasteiger partial charge in [0.15, 0.2) is 11.6 Å². The highest BCUT2D eigenvalue weighted by molar-refractivity contribution is 5.91. The molecule has 24 heavy (non-hydrogen) atoms. The molecule has 0 radical (unpaired) electrons. The van der Waals surface area contributed by atoms with E-state index in [1.165, 1.54) is 25.1 Å².